The average molecular weight is 353 g/mol. The predicted octanol–water partition coefficient (Wildman–Crippen LogP) is 5.08. The number of amides is 1. The van der Waals surface area contributed by atoms with Crippen molar-refractivity contribution in [3.05, 3.63) is 63.1 Å². The van der Waals surface area contributed by atoms with Gasteiger partial charge in [-0.2, -0.15) is 0 Å². The first-order chi connectivity index (χ1) is 9.52. The van der Waals surface area contributed by atoms with Gasteiger partial charge in [0.1, 0.15) is 0 Å². The zero-order chi connectivity index (χ0) is 14.7. The first-order valence-electron chi connectivity index (χ1n) is 6.36. The quantitative estimate of drug-likeness (QED) is 0.754. The minimum Gasteiger partial charge on any atom is -0.309 e. The molecule has 0 aromatic heterocycles. The van der Waals surface area contributed by atoms with E-state index in [-0.39, 0.29) is 5.91 Å². The van der Waals surface area contributed by atoms with Gasteiger partial charge in [-0.25, -0.2) is 0 Å². The van der Waals surface area contributed by atoms with Gasteiger partial charge in [-0.05, 0) is 60.1 Å². The van der Waals surface area contributed by atoms with E-state index in [1.165, 1.54) is 5.56 Å². The molecule has 104 valence electrons. The first-order valence-corrected chi connectivity index (χ1v) is 7.53. The highest BCUT2D eigenvalue weighted by molar-refractivity contribution is 9.10. The third kappa shape index (κ3) is 3.22. The van der Waals surface area contributed by atoms with Gasteiger partial charge in [0.2, 0.25) is 0 Å². The van der Waals surface area contributed by atoms with E-state index >= 15 is 0 Å². The summed E-state index contributed by atoms with van der Waals surface area (Å²) in [5.41, 5.74) is 2.68. The van der Waals surface area contributed by atoms with Crippen molar-refractivity contribution in [3.63, 3.8) is 0 Å². The third-order valence-corrected chi connectivity index (χ3v) is 4.29. The average Bonchev–Trinajstić information content (AvgIpc) is 2.44. The van der Waals surface area contributed by atoms with Crippen molar-refractivity contribution in [2.45, 2.75) is 13.8 Å². The number of hydrogen-bond acceptors (Lipinski definition) is 1. The molecule has 0 heterocycles. The number of aryl methyl sites for hydroxylation is 1. The molecule has 1 amide bonds. The molecule has 0 aliphatic carbocycles. The fourth-order valence-electron chi connectivity index (χ4n) is 1.95. The maximum Gasteiger partial charge on any atom is 0.258 e. The van der Waals surface area contributed by atoms with Crippen molar-refractivity contribution >= 4 is 39.1 Å². The van der Waals surface area contributed by atoms with Gasteiger partial charge in [0.15, 0.2) is 0 Å². The van der Waals surface area contributed by atoms with E-state index < -0.39 is 0 Å². The first kappa shape index (κ1) is 15.1. The number of carbonyl (C=O) groups excluding carboxylic acids is 1. The molecule has 0 atom stereocenters. The standard InChI is InChI=1S/C16H15BrClNO/c1-3-19(13-7-4-11(2)5-8-13)16(20)12-6-9-15(18)14(17)10-12/h4-10H,3H2,1-2H3. The van der Waals surface area contributed by atoms with Crippen LogP contribution >= 0.6 is 27.5 Å². The molecule has 0 aliphatic rings. The molecule has 2 aromatic rings. The zero-order valence-corrected chi connectivity index (χ0v) is 13.7. The Labute approximate surface area is 132 Å². The Hall–Kier alpha value is -1.32. The molecule has 0 N–H and O–H groups in total. The Morgan fingerprint density at radius 3 is 2.40 bits per heavy atom. The van der Waals surface area contributed by atoms with Crippen LogP contribution < -0.4 is 4.90 Å². The van der Waals surface area contributed by atoms with E-state index in [2.05, 4.69) is 15.9 Å². The van der Waals surface area contributed by atoms with Crippen LogP contribution in [0.2, 0.25) is 5.02 Å². The van der Waals surface area contributed by atoms with Crippen LogP contribution in [0, 0.1) is 6.92 Å². The third-order valence-electron chi connectivity index (χ3n) is 3.07. The molecule has 0 radical (unpaired) electrons. The number of hydrogen-bond donors (Lipinski definition) is 0. The highest BCUT2D eigenvalue weighted by Crippen LogP contribution is 2.25. The lowest BCUT2D eigenvalue weighted by Crippen LogP contribution is -2.30. The van der Waals surface area contributed by atoms with Crippen LogP contribution in [0.3, 0.4) is 0 Å². The van der Waals surface area contributed by atoms with Gasteiger partial charge in [-0.1, -0.05) is 29.3 Å². The van der Waals surface area contributed by atoms with E-state index in [0.717, 1.165) is 10.2 Å². The summed E-state index contributed by atoms with van der Waals surface area (Å²) in [7, 11) is 0. The number of anilines is 1. The van der Waals surface area contributed by atoms with Crippen LogP contribution in [0.5, 0.6) is 0 Å². The molecule has 4 heteroatoms. The second-order valence-corrected chi connectivity index (χ2v) is 5.78. The minimum absolute atomic E-state index is 0.0336. The van der Waals surface area contributed by atoms with Gasteiger partial charge in [-0.3, -0.25) is 4.79 Å². The summed E-state index contributed by atoms with van der Waals surface area (Å²) in [5, 5.41) is 0.597. The number of nitrogens with zero attached hydrogens (tertiary/aromatic N) is 1. The Balaban J connectivity index is 2.33. The van der Waals surface area contributed by atoms with Crippen molar-refractivity contribution < 1.29 is 4.79 Å². The van der Waals surface area contributed by atoms with Crippen LogP contribution in [-0.4, -0.2) is 12.5 Å². The van der Waals surface area contributed by atoms with Gasteiger partial charge in [-0.15, -0.1) is 0 Å². The molecule has 0 aliphatic heterocycles. The highest BCUT2D eigenvalue weighted by atomic mass is 79.9. The van der Waals surface area contributed by atoms with Crippen molar-refractivity contribution in [2.75, 3.05) is 11.4 Å². The summed E-state index contributed by atoms with van der Waals surface area (Å²) in [6.45, 7) is 4.60. The molecule has 20 heavy (non-hydrogen) atoms. The highest BCUT2D eigenvalue weighted by Gasteiger charge is 2.16. The van der Waals surface area contributed by atoms with Crippen molar-refractivity contribution in [3.8, 4) is 0 Å². The lowest BCUT2D eigenvalue weighted by molar-refractivity contribution is 0.0988. The molecule has 2 nitrogen and oxygen atoms in total. The monoisotopic (exact) mass is 351 g/mol. The van der Waals surface area contributed by atoms with Crippen molar-refractivity contribution in [2.24, 2.45) is 0 Å². The zero-order valence-electron chi connectivity index (χ0n) is 11.4. The molecule has 0 bridgehead atoms. The predicted molar refractivity (Wildman–Crippen MR) is 87.7 cm³/mol. The molecular formula is C16H15BrClNO. The van der Waals surface area contributed by atoms with Crippen LogP contribution in [0.1, 0.15) is 22.8 Å². The van der Waals surface area contributed by atoms with Crippen molar-refractivity contribution in [1.82, 2.24) is 0 Å². The second-order valence-electron chi connectivity index (χ2n) is 4.51. The molecule has 0 saturated carbocycles. The van der Waals surface area contributed by atoms with Crippen LogP contribution in [-0.2, 0) is 0 Å². The van der Waals surface area contributed by atoms with Gasteiger partial charge in [0.25, 0.3) is 5.91 Å². The number of benzene rings is 2. The molecule has 0 fully saturated rings. The molecule has 0 unspecified atom stereocenters. The molecule has 0 saturated heterocycles. The van der Waals surface area contributed by atoms with Gasteiger partial charge in [0, 0.05) is 22.3 Å². The van der Waals surface area contributed by atoms with E-state index in [0.29, 0.717) is 17.1 Å². The topological polar surface area (TPSA) is 20.3 Å². The van der Waals surface area contributed by atoms with E-state index in [1.807, 2.05) is 38.1 Å². The molecule has 2 rings (SSSR count). The Morgan fingerprint density at radius 1 is 1.20 bits per heavy atom. The van der Waals surface area contributed by atoms with Crippen LogP contribution in [0.4, 0.5) is 5.69 Å². The Morgan fingerprint density at radius 2 is 1.85 bits per heavy atom. The van der Waals surface area contributed by atoms with E-state index in [1.54, 1.807) is 23.1 Å². The SMILES string of the molecule is CCN(C(=O)c1ccc(Cl)c(Br)c1)c1ccc(C)cc1. The Kier molecular flexibility index (Phi) is 4.84. The summed E-state index contributed by atoms with van der Waals surface area (Å²) >= 11 is 9.31. The van der Waals surface area contributed by atoms with Gasteiger partial charge >= 0.3 is 0 Å². The fraction of sp³-hybridized carbons (Fsp3) is 0.188. The number of halogens is 2. The van der Waals surface area contributed by atoms with Crippen LogP contribution in [0.25, 0.3) is 0 Å². The smallest absolute Gasteiger partial charge is 0.258 e. The van der Waals surface area contributed by atoms with Gasteiger partial charge in [0.05, 0.1) is 5.02 Å². The Bertz CT molecular complexity index is 625. The number of rotatable bonds is 3. The maximum atomic E-state index is 12.6. The van der Waals surface area contributed by atoms with E-state index in [4.69, 9.17) is 11.6 Å². The summed E-state index contributed by atoms with van der Waals surface area (Å²) in [6, 6.07) is 13.1. The lowest BCUT2D eigenvalue weighted by atomic mass is 10.1. The maximum absolute atomic E-state index is 12.6. The molecule has 2 aromatic carbocycles. The summed E-state index contributed by atoms with van der Waals surface area (Å²) < 4.78 is 0.727. The largest absolute Gasteiger partial charge is 0.309 e. The summed E-state index contributed by atoms with van der Waals surface area (Å²) in [6.07, 6.45) is 0. The normalized spacial score (nSPS) is 10.4. The van der Waals surface area contributed by atoms with Crippen LogP contribution in [0.15, 0.2) is 46.9 Å². The second kappa shape index (κ2) is 6.42. The minimum atomic E-state index is -0.0336. The summed E-state index contributed by atoms with van der Waals surface area (Å²) in [5.74, 6) is -0.0336. The van der Waals surface area contributed by atoms with Gasteiger partial charge < -0.3 is 4.90 Å². The van der Waals surface area contributed by atoms with E-state index in [9.17, 15) is 4.79 Å². The van der Waals surface area contributed by atoms with Crippen molar-refractivity contribution in [1.29, 1.82) is 0 Å². The molecule has 0 spiro atoms. The lowest BCUT2D eigenvalue weighted by Gasteiger charge is -2.21. The fourth-order valence-corrected chi connectivity index (χ4v) is 2.45. The summed E-state index contributed by atoms with van der Waals surface area (Å²) in [4.78, 5) is 14.3. The number of carbonyl (C=O) groups is 1. The molecular weight excluding hydrogens is 338 g/mol.